The van der Waals surface area contributed by atoms with E-state index in [4.69, 9.17) is 4.74 Å². The van der Waals surface area contributed by atoms with E-state index in [1.807, 2.05) is 0 Å². The molecule has 0 aliphatic rings. The van der Waals surface area contributed by atoms with Crippen molar-refractivity contribution in [1.29, 1.82) is 0 Å². The second kappa shape index (κ2) is 4.19. The molecule has 0 aliphatic carbocycles. The maximum Gasteiger partial charge on any atom is 0.149 e. The van der Waals surface area contributed by atoms with Crippen molar-refractivity contribution in [3.8, 4) is 12.0 Å². The first-order chi connectivity index (χ1) is 4.56. The lowest BCUT2D eigenvalue weighted by molar-refractivity contribution is -0.870. The standard InChI is InChI=1S/C8H16NO/c1-5-7-10-8-6-9(2,3)4/h6,8H2,1-4H3/q+1. The first-order valence-corrected chi connectivity index (χ1v) is 3.40. The van der Waals surface area contributed by atoms with Gasteiger partial charge in [-0.25, -0.2) is 0 Å². The van der Waals surface area contributed by atoms with E-state index in [0.717, 1.165) is 11.0 Å². The molecule has 0 aromatic carbocycles. The highest BCUT2D eigenvalue weighted by Gasteiger charge is 2.04. The molecule has 0 bridgehead atoms. The number of likely N-dealkylation sites (N-methyl/N-ethyl adjacent to an activating group) is 1. The maximum atomic E-state index is 4.98. The third-order valence-electron chi connectivity index (χ3n) is 1.04. The Morgan fingerprint density at radius 3 is 2.30 bits per heavy atom. The van der Waals surface area contributed by atoms with Crippen LogP contribution in [0.15, 0.2) is 0 Å². The molecule has 58 valence electrons. The van der Waals surface area contributed by atoms with Crippen LogP contribution in [0.1, 0.15) is 6.92 Å². The molecule has 0 heterocycles. The summed E-state index contributed by atoms with van der Waals surface area (Å²) in [4.78, 5) is 0. The number of nitrogens with zero attached hydrogens (tertiary/aromatic N) is 1. The third kappa shape index (κ3) is 7.32. The van der Waals surface area contributed by atoms with Gasteiger partial charge in [0.25, 0.3) is 0 Å². The number of rotatable bonds is 3. The predicted molar refractivity (Wildman–Crippen MR) is 42.3 cm³/mol. The van der Waals surface area contributed by atoms with Crippen molar-refractivity contribution in [2.45, 2.75) is 6.92 Å². The highest BCUT2D eigenvalue weighted by atomic mass is 16.5. The molecule has 0 amide bonds. The van der Waals surface area contributed by atoms with Gasteiger partial charge in [-0.15, -0.1) is 0 Å². The van der Waals surface area contributed by atoms with Gasteiger partial charge in [0.15, 0.2) is 0 Å². The van der Waals surface area contributed by atoms with Crippen LogP contribution in [0, 0.1) is 12.0 Å². The fourth-order valence-corrected chi connectivity index (χ4v) is 0.443. The fraction of sp³-hybridized carbons (Fsp3) is 0.750. The first-order valence-electron chi connectivity index (χ1n) is 3.40. The molecule has 2 heteroatoms. The van der Waals surface area contributed by atoms with E-state index in [2.05, 4.69) is 33.2 Å². The molecule has 0 aromatic heterocycles. The van der Waals surface area contributed by atoms with Crippen LogP contribution in [0.5, 0.6) is 0 Å². The zero-order valence-corrected chi connectivity index (χ0v) is 7.27. The maximum absolute atomic E-state index is 4.98. The second-order valence-electron chi connectivity index (χ2n) is 3.21. The Morgan fingerprint density at radius 1 is 1.30 bits per heavy atom. The van der Waals surface area contributed by atoms with E-state index in [1.54, 1.807) is 6.92 Å². The summed E-state index contributed by atoms with van der Waals surface area (Å²) in [5, 5.41) is 0. The van der Waals surface area contributed by atoms with Gasteiger partial charge in [-0.3, -0.25) is 0 Å². The summed E-state index contributed by atoms with van der Waals surface area (Å²) >= 11 is 0. The van der Waals surface area contributed by atoms with Crippen LogP contribution < -0.4 is 0 Å². The molecule has 0 saturated carbocycles. The summed E-state index contributed by atoms with van der Waals surface area (Å²) in [6, 6.07) is 0. The zero-order chi connectivity index (χ0) is 8.04. The van der Waals surface area contributed by atoms with Gasteiger partial charge >= 0.3 is 0 Å². The van der Waals surface area contributed by atoms with Crippen molar-refractivity contribution in [1.82, 2.24) is 0 Å². The number of quaternary nitrogens is 1. The molecule has 0 rings (SSSR count). The van der Waals surface area contributed by atoms with Crippen LogP contribution in [0.2, 0.25) is 0 Å². The smallest absolute Gasteiger partial charge is 0.149 e. The highest BCUT2D eigenvalue weighted by Crippen LogP contribution is 1.87. The Labute approximate surface area is 63.4 Å². The van der Waals surface area contributed by atoms with E-state index in [1.165, 1.54) is 0 Å². The second-order valence-corrected chi connectivity index (χ2v) is 3.21. The van der Waals surface area contributed by atoms with Crippen molar-refractivity contribution in [3.05, 3.63) is 0 Å². The van der Waals surface area contributed by atoms with E-state index >= 15 is 0 Å². The summed E-state index contributed by atoms with van der Waals surface area (Å²) in [5.74, 6) is 2.67. The summed E-state index contributed by atoms with van der Waals surface area (Å²) < 4.78 is 5.90. The van der Waals surface area contributed by atoms with E-state index < -0.39 is 0 Å². The van der Waals surface area contributed by atoms with Crippen molar-refractivity contribution in [2.24, 2.45) is 0 Å². The van der Waals surface area contributed by atoms with E-state index in [-0.39, 0.29) is 0 Å². The van der Waals surface area contributed by atoms with Crippen LogP contribution in [0.4, 0.5) is 0 Å². The monoisotopic (exact) mass is 142 g/mol. The summed E-state index contributed by atoms with van der Waals surface area (Å²) in [6.07, 6.45) is 2.56. The molecule has 0 unspecified atom stereocenters. The van der Waals surface area contributed by atoms with Gasteiger partial charge < -0.3 is 9.22 Å². The normalized spacial score (nSPS) is 10.0. The molecule has 0 aliphatic heterocycles. The summed E-state index contributed by atoms with van der Waals surface area (Å²) in [6.45, 7) is 3.48. The lowest BCUT2D eigenvalue weighted by Crippen LogP contribution is -2.37. The Balaban J connectivity index is 3.26. The van der Waals surface area contributed by atoms with E-state index in [9.17, 15) is 0 Å². The number of hydrogen-bond acceptors (Lipinski definition) is 1. The van der Waals surface area contributed by atoms with E-state index in [0.29, 0.717) is 6.61 Å². The number of hydrogen-bond donors (Lipinski definition) is 0. The Morgan fingerprint density at radius 2 is 1.90 bits per heavy atom. The number of ether oxygens (including phenoxy) is 1. The quantitative estimate of drug-likeness (QED) is 0.320. The Kier molecular flexibility index (Phi) is 3.90. The minimum atomic E-state index is 0.713. The van der Waals surface area contributed by atoms with Crippen molar-refractivity contribution in [3.63, 3.8) is 0 Å². The van der Waals surface area contributed by atoms with Gasteiger partial charge in [-0.2, -0.15) is 0 Å². The van der Waals surface area contributed by atoms with Gasteiger partial charge in [-0.1, -0.05) is 5.92 Å². The largest absolute Gasteiger partial charge is 0.441 e. The molecule has 0 atom stereocenters. The van der Waals surface area contributed by atoms with Crippen LogP contribution in [-0.4, -0.2) is 38.8 Å². The summed E-state index contributed by atoms with van der Waals surface area (Å²) in [5.41, 5.74) is 0. The lowest BCUT2D eigenvalue weighted by atomic mass is 10.5. The molecular weight excluding hydrogens is 126 g/mol. The van der Waals surface area contributed by atoms with Crippen molar-refractivity contribution >= 4 is 0 Å². The van der Waals surface area contributed by atoms with Crippen molar-refractivity contribution < 1.29 is 9.22 Å². The average molecular weight is 142 g/mol. The molecule has 0 aromatic rings. The van der Waals surface area contributed by atoms with Crippen LogP contribution >= 0.6 is 0 Å². The third-order valence-corrected chi connectivity index (χ3v) is 1.04. The lowest BCUT2D eigenvalue weighted by Gasteiger charge is -2.22. The topological polar surface area (TPSA) is 9.23 Å². The van der Waals surface area contributed by atoms with Crippen LogP contribution in [-0.2, 0) is 4.74 Å². The van der Waals surface area contributed by atoms with Crippen LogP contribution in [0.25, 0.3) is 0 Å². The minimum Gasteiger partial charge on any atom is -0.441 e. The predicted octanol–water partition coefficient (Wildman–Crippen LogP) is 0.690. The zero-order valence-electron chi connectivity index (χ0n) is 7.27. The van der Waals surface area contributed by atoms with Gasteiger partial charge in [0.1, 0.15) is 19.3 Å². The molecule has 0 N–H and O–H groups in total. The minimum absolute atomic E-state index is 0.713. The first kappa shape index (κ1) is 9.32. The molecule has 2 nitrogen and oxygen atoms in total. The molecule has 0 spiro atoms. The summed E-state index contributed by atoms with van der Waals surface area (Å²) in [7, 11) is 6.38. The molecule has 0 radical (unpaired) electrons. The van der Waals surface area contributed by atoms with Gasteiger partial charge in [-0.05, 0) is 0 Å². The highest BCUT2D eigenvalue weighted by molar-refractivity contribution is 4.84. The van der Waals surface area contributed by atoms with Crippen LogP contribution in [0.3, 0.4) is 0 Å². The Hall–Kier alpha value is -0.680. The average Bonchev–Trinajstić information content (AvgIpc) is 1.78. The molecule has 0 fully saturated rings. The molecule has 0 saturated heterocycles. The molecule has 10 heavy (non-hydrogen) atoms. The Bertz CT molecular complexity index is 136. The van der Waals surface area contributed by atoms with Gasteiger partial charge in [0.05, 0.1) is 21.1 Å². The SMILES string of the molecule is CC#COCC[N+](C)(C)C. The van der Waals surface area contributed by atoms with Crippen molar-refractivity contribution in [2.75, 3.05) is 34.3 Å². The van der Waals surface area contributed by atoms with Gasteiger partial charge in [0, 0.05) is 6.92 Å². The van der Waals surface area contributed by atoms with Gasteiger partial charge in [0.2, 0.25) is 0 Å². The molecular formula is C8H16NO+. The fourth-order valence-electron chi connectivity index (χ4n) is 0.443.